The Kier molecular flexibility index (Phi) is 3.18. The van der Waals surface area contributed by atoms with E-state index < -0.39 is 17.8 Å². The molecule has 1 amide bonds. The van der Waals surface area contributed by atoms with Gasteiger partial charge in [-0.25, -0.2) is 0 Å². The number of carboxylic acid groups (broad SMARTS) is 1. The Morgan fingerprint density at radius 1 is 1.09 bits per heavy atom. The highest BCUT2D eigenvalue weighted by Gasteiger charge is 2.56. The molecule has 5 heteroatoms. The third-order valence-electron chi connectivity index (χ3n) is 5.29. The Balaban J connectivity index is 1.56. The van der Waals surface area contributed by atoms with Crippen LogP contribution in [0.4, 0.5) is 0 Å². The van der Waals surface area contributed by atoms with Crippen molar-refractivity contribution < 1.29 is 19.4 Å². The molecule has 22 heavy (non-hydrogen) atoms. The maximum atomic E-state index is 12.9. The number of hydrogen-bond acceptors (Lipinski definition) is 3. The Labute approximate surface area is 128 Å². The first-order valence-electron chi connectivity index (χ1n) is 7.89. The zero-order chi connectivity index (χ0) is 15.3. The minimum atomic E-state index is -0.900. The molecule has 2 bridgehead atoms. The second kappa shape index (κ2) is 5.09. The predicted octanol–water partition coefficient (Wildman–Crippen LogP) is 1.45. The number of ether oxygens (including phenoxy) is 1. The summed E-state index contributed by atoms with van der Waals surface area (Å²) in [6.07, 6.45) is 1.90. The molecule has 2 fully saturated rings. The molecule has 5 nitrogen and oxygen atoms in total. The minimum absolute atomic E-state index is 0.0471. The molecule has 116 valence electrons. The molecule has 3 aliphatic heterocycles. The van der Waals surface area contributed by atoms with Crippen LogP contribution in [-0.2, 0) is 27.3 Å². The van der Waals surface area contributed by atoms with Gasteiger partial charge in [0, 0.05) is 13.1 Å². The monoisotopic (exact) mass is 301 g/mol. The normalized spacial score (nSPS) is 32.8. The van der Waals surface area contributed by atoms with E-state index in [1.54, 1.807) is 0 Å². The fourth-order valence-electron chi connectivity index (χ4n) is 4.20. The number of carbonyl (C=O) groups excluding carboxylic acids is 1. The van der Waals surface area contributed by atoms with Crippen LogP contribution < -0.4 is 0 Å². The van der Waals surface area contributed by atoms with Gasteiger partial charge in [-0.3, -0.25) is 9.59 Å². The van der Waals surface area contributed by atoms with Crippen LogP contribution in [0.15, 0.2) is 24.3 Å². The lowest BCUT2D eigenvalue weighted by Gasteiger charge is -2.34. The molecule has 4 atom stereocenters. The number of rotatable bonds is 2. The first kappa shape index (κ1) is 13.8. The maximum Gasteiger partial charge on any atom is 0.310 e. The molecule has 1 aromatic rings. The van der Waals surface area contributed by atoms with Crippen LogP contribution in [0, 0.1) is 11.8 Å². The molecule has 0 aliphatic carbocycles. The van der Waals surface area contributed by atoms with Gasteiger partial charge in [0.05, 0.1) is 24.0 Å². The summed E-state index contributed by atoms with van der Waals surface area (Å²) in [5.74, 6) is -2.14. The van der Waals surface area contributed by atoms with Crippen LogP contribution in [0.5, 0.6) is 0 Å². The standard InChI is InChI=1S/C17H19NO4/c19-16(14-12-5-6-13(22-12)15(14)17(20)21)18-8-7-10-3-1-2-4-11(10)9-18/h1-4,12-15H,5-9H2,(H,20,21)/t12-,13+,14-,15+/m1/s1. The number of carboxylic acids is 1. The fourth-order valence-corrected chi connectivity index (χ4v) is 4.20. The van der Waals surface area contributed by atoms with E-state index >= 15 is 0 Å². The summed E-state index contributed by atoms with van der Waals surface area (Å²) in [6, 6.07) is 8.13. The molecular formula is C17H19NO4. The molecule has 4 rings (SSSR count). The summed E-state index contributed by atoms with van der Waals surface area (Å²) < 4.78 is 5.71. The molecule has 3 aliphatic rings. The highest BCUT2D eigenvalue weighted by atomic mass is 16.5. The third kappa shape index (κ3) is 2.03. The summed E-state index contributed by atoms with van der Waals surface area (Å²) in [5, 5.41) is 9.46. The Morgan fingerprint density at radius 2 is 1.77 bits per heavy atom. The Bertz CT molecular complexity index is 629. The van der Waals surface area contributed by atoms with Crippen molar-refractivity contribution >= 4 is 11.9 Å². The van der Waals surface area contributed by atoms with E-state index in [1.807, 2.05) is 23.1 Å². The quantitative estimate of drug-likeness (QED) is 0.898. The highest BCUT2D eigenvalue weighted by molar-refractivity contribution is 5.86. The van der Waals surface area contributed by atoms with Crippen molar-refractivity contribution in [3.8, 4) is 0 Å². The Morgan fingerprint density at radius 3 is 2.50 bits per heavy atom. The van der Waals surface area contributed by atoms with Crippen molar-refractivity contribution in [3.63, 3.8) is 0 Å². The minimum Gasteiger partial charge on any atom is -0.481 e. The zero-order valence-electron chi connectivity index (χ0n) is 12.3. The van der Waals surface area contributed by atoms with Crippen molar-refractivity contribution in [1.29, 1.82) is 0 Å². The topological polar surface area (TPSA) is 66.8 Å². The van der Waals surface area contributed by atoms with Crippen LogP contribution in [-0.4, -0.2) is 40.6 Å². The van der Waals surface area contributed by atoms with Gasteiger partial charge in [0.1, 0.15) is 0 Å². The van der Waals surface area contributed by atoms with Crippen molar-refractivity contribution in [2.24, 2.45) is 11.8 Å². The van der Waals surface area contributed by atoms with Gasteiger partial charge < -0.3 is 14.7 Å². The van der Waals surface area contributed by atoms with Crippen LogP contribution in [0.2, 0.25) is 0 Å². The van der Waals surface area contributed by atoms with E-state index in [1.165, 1.54) is 5.56 Å². The summed E-state index contributed by atoms with van der Waals surface area (Å²) >= 11 is 0. The van der Waals surface area contributed by atoms with Crippen LogP contribution in [0.25, 0.3) is 0 Å². The molecule has 0 spiro atoms. The molecule has 1 aromatic carbocycles. The first-order valence-corrected chi connectivity index (χ1v) is 7.89. The van der Waals surface area contributed by atoms with Crippen molar-refractivity contribution in [1.82, 2.24) is 4.90 Å². The SMILES string of the molecule is O=C(O)[C@@H]1[C@H](C(=O)N2CCc3ccccc3C2)[C@H]2CC[C@@H]1O2. The molecule has 1 N–H and O–H groups in total. The number of aliphatic carboxylic acids is 1. The second-order valence-electron chi connectivity index (χ2n) is 6.46. The molecule has 0 saturated carbocycles. The summed E-state index contributed by atoms with van der Waals surface area (Å²) in [7, 11) is 0. The van der Waals surface area contributed by atoms with Crippen molar-refractivity contribution in [2.75, 3.05) is 6.54 Å². The van der Waals surface area contributed by atoms with Gasteiger partial charge in [-0.1, -0.05) is 24.3 Å². The van der Waals surface area contributed by atoms with Crippen LogP contribution >= 0.6 is 0 Å². The van der Waals surface area contributed by atoms with E-state index in [2.05, 4.69) is 6.07 Å². The summed E-state index contributed by atoms with van der Waals surface area (Å²) in [6.45, 7) is 1.24. The number of benzene rings is 1. The molecule has 0 aromatic heterocycles. The van der Waals surface area contributed by atoms with Gasteiger partial charge in [0.2, 0.25) is 5.91 Å². The van der Waals surface area contributed by atoms with E-state index in [9.17, 15) is 14.7 Å². The lowest BCUT2D eigenvalue weighted by Crippen LogP contribution is -2.47. The van der Waals surface area contributed by atoms with E-state index in [0.717, 1.165) is 24.8 Å². The largest absolute Gasteiger partial charge is 0.481 e. The molecule has 3 heterocycles. The number of amides is 1. The first-order chi connectivity index (χ1) is 10.6. The van der Waals surface area contributed by atoms with Gasteiger partial charge in [0.25, 0.3) is 0 Å². The molecule has 0 unspecified atom stereocenters. The zero-order valence-corrected chi connectivity index (χ0v) is 12.3. The van der Waals surface area contributed by atoms with Gasteiger partial charge >= 0.3 is 5.97 Å². The smallest absolute Gasteiger partial charge is 0.310 e. The average molecular weight is 301 g/mol. The average Bonchev–Trinajstić information content (AvgIpc) is 3.14. The lowest BCUT2D eigenvalue weighted by atomic mass is 9.78. The second-order valence-corrected chi connectivity index (χ2v) is 6.46. The predicted molar refractivity (Wildman–Crippen MR) is 78.1 cm³/mol. The summed E-state index contributed by atoms with van der Waals surface area (Å²) in [4.78, 5) is 26.2. The Hall–Kier alpha value is -1.88. The molecule has 2 saturated heterocycles. The highest BCUT2D eigenvalue weighted by Crippen LogP contribution is 2.44. The molecule has 0 radical (unpaired) electrons. The van der Waals surface area contributed by atoms with Gasteiger partial charge in [-0.05, 0) is 30.4 Å². The van der Waals surface area contributed by atoms with Crippen molar-refractivity contribution in [3.05, 3.63) is 35.4 Å². The number of nitrogens with zero attached hydrogens (tertiary/aromatic N) is 1. The molecular weight excluding hydrogens is 282 g/mol. The van der Waals surface area contributed by atoms with Gasteiger partial charge in [-0.15, -0.1) is 0 Å². The number of carbonyl (C=O) groups is 2. The summed E-state index contributed by atoms with van der Waals surface area (Å²) in [5.41, 5.74) is 2.45. The third-order valence-corrected chi connectivity index (χ3v) is 5.29. The maximum absolute atomic E-state index is 12.9. The number of fused-ring (bicyclic) bond motifs is 3. The van der Waals surface area contributed by atoms with Crippen LogP contribution in [0.3, 0.4) is 0 Å². The van der Waals surface area contributed by atoms with E-state index in [-0.39, 0.29) is 18.1 Å². The van der Waals surface area contributed by atoms with Crippen molar-refractivity contribution in [2.45, 2.75) is 38.0 Å². The van der Waals surface area contributed by atoms with Gasteiger partial charge in [-0.2, -0.15) is 0 Å². The van der Waals surface area contributed by atoms with E-state index in [4.69, 9.17) is 4.74 Å². The van der Waals surface area contributed by atoms with E-state index in [0.29, 0.717) is 13.1 Å². The van der Waals surface area contributed by atoms with Crippen LogP contribution in [0.1, 0.15) is 24.0 Å². The lowest BCUT2D eigenvalue weighted by molar-refractivity contribution is -0.151. The number of hydrogen-bond donors (Lipinski definition) is 1. The fraction of sp³-hybridized carbons (Fsp3) is 0.529. The van der Waals surface area contributed by atoms with Gasteiger partial charge in [0.15, 0.2) is 0 Å².